The smallest absolute Gasteiger partial charge is 0.288 e. The molecular formula is C16H12Cl2N4O. The molecule has 0 aliphatic carbocycles. The second-order valence-corrected chi connectivity index (χ2v) is 5.82. The van der Waals surface area contributed by atoms with Crippen molar-refractivity contribution in [1.82, 2.24) is 14.8 Å². The number of carbonyl (C=O) groups excluding carboxylic acids is 1. The predicted molar refractivity (Wildman–Crippen MR) is 90.1 cm³/mol. The quantitative estimate of drug-likeness (QED) is 0.786. The lowest BCUT2D eigenvalue weighted by Crippen LogP contribution is -2.13. The molecule has 2 N–H and O–H groups in total. The number of hydrogen-bond donors (Lipinski definition) is 1. The van der Waals surface area contributed by atoms with Gasteiger partial charge in [0.05, 0.1) is 5.69 Å². The van der Waals surface area contributed by atoms with Crippen LogP contribution in [0.1, 0.15) is 16.2 Å². The molecule has 0 saturated carbocycles. The maximum Gasteiger partial charge on any atom is 0.288 e. The Bertz CT molecular complexity index is 888. The van der Waals surface area contributed by atoms with Gasteiger partial charge in [-0.15, -0.1) is 5.10 Å². The molecule has 0 aliphatic rings. The molecule has 3 aromatic rings. The van der Waals surface area contributed by atoms with Crippen LogP contribution >= 0.6 is 23.2 Å². The second-order valence-electron chi connectivity index (χ2n) is 4.98. The first-order valence-corrected chi connectivity index (χ1v) is 7.50. The first-order valence-electron chi connectivity index (χ1n) is 6.75. The number of nitrogens with two attached hydrogens (primary N) is 1. The fourth-order valence-corrected chi connectivity index (χ4v) is 2.40. The van der Waals surface area contributed by atoms with E-state index in [0.29, 0.717) is 21.6 Å². The van der Waals surface area contributed by atoms with E-state index in [1.807, 2.05) is 19.1 Å². The van der Waals surface area contributed by atoms with Crippen LogP contribution in [0.2, 0.25) is 10.0 Å². The van der Waals surface area contributed by atoms with Gasteiger partial charge < -0.3 is 5.73 Å². The highest BCUT2D eigenvalue weighted by atomic mass is 35.5. The zero-order chi connectivity index (χ0) is 16.6. The summed E-state index contributed by atoms with van der Waals surface area (Å²) < 4.78 is 1.54. The highest BCUT2D eigenvalue weighted by Crippen LogP contribution is 2.25. The summed E-state index contributed by atoms with van der Waals surface area (Å²) in [7, 11) is 0. The summed E-state index contributed by atoms with van der Waals surface area (Å²) in [5.74, 6) is -0.279. The molecule has 2 aromatic carbocycles. The van der Waals surface area contributed by atoms with Crippen LogP contribution in [-0.2, 0) is 0 Å². The Labute approximate surface area is 142 Å². The molecule has 1 aromatic heterocycles. The van der Waals surface area contributed by atoms with E-state index >= 15 is 0 Å². The summed E-state index contributed by atoms with van der Waals surface area (Å²) in [6.07, 6.45) is 0. The van der Waals surface area contributed by atoms with E-state index in [1.54, 1.807) is 30.3 Å². The first kappa shape index (κ1) is 15.5. The van der Waals surface area contributed by atoms with Crippen LogP contribution in [0, 0.1) is 6.92 Å². The molecule has 0 atom stereocenters. The Balaban J connectivity index is 2.20. The number of aryl methyl sites for hydroxylation is 1. The summed E-state index contributed by atoms with van der Waals surface area (Å²) in [5.41, 5.74) is 7.69. The van der Waals surface area contributed by atoms with Crippen molar-refractivity contribution in [2.24, 2.45) is 5.73 Å². The van der Waals surface area contributed by atoms with Crippen LogP contribution in [0.5, 0.6) is 0 Å². The van der Waals surface area contributed by atoms with Gasteiger partial charge in [-0.05, 0) is 48.9 Å². The minimum Gasteiger partial charge on any atom is -0.363 e. The third-order valence-electron chi connectivity index (χ3n) is 3.33. The molecule has 0 fully saturated rings. The number of rotatable bonds is 3. The number of carbonyl (C=O) groups is 1. The number of hydrogen-bond acceptors (Lipinski definition) is 3. The predicted octanol–water partition coefficient (Wildman–Crippen LogP) is 3.65. The third-order valence-corrected chi connectivity index (χ3v) is 3.99. The molecule has 0 aliphatic heterocycles. The van der Waals surface area contributed by atoms with Crippen molar-refractivity contribution < 1.29 is 4.79 Å². The molecule has 0 spiro atoms. The van der Waals surface area contributed by atoms with Crippen molar-refractivity contribution in [2.45, 2.75) is 6.92 Å². The molecule has 116 valence electrons. The Morgan fingerprint density at radius 1 is 1.13 bits per heavy atom. The molecule has 7 heteroatoms. The van der Waals surface area contributed by atoms with Gasteiger partial charge in [0, 0.05) is 15.6 Å². The number of amides is 1. The van der Waals surface area contributed by atoms with E-state index in [-0.39, 0.29) is 5.82 Å². The van der Waals surface area contributed by atoms with Crippen molar-refractivity contribution in [2.75, 3.05) is 0 Å². The number of nitrogens with zero attached hydrogens (tertiary/aromatic N) is 3. The van der Waals surface area contributed by atoms with Gasteiger partial charge in [0.1, 0.15) is 0 Å². The number of aromatic nitrogens is 3. The lowest BCUT2D eigenvalue weighted by molar-refractivity contribution is 0.0990. The van der Waals surface area contributed by atoms with Gasteiger partial charge in [0.25, 0.3) is 5.91 Å². The van der Waals surface area contributed by atoms with Gasteiger partial charge in [-0.3, -0.25) is 4.79 Å². The lowest BCUT2D eigenvalue weighted by atomic mass is 10.2. The van der Waals surface area contributed by atoms with Crippen LogP contribution in [-0.4, -0.2) is 20.7 Å². The van der Waals surface area contributed by atoms with Crippen LogP contribution in [0.3, 0.4) is 0 Å². The second kappa shape index (κ2) is 6.02. The average Bonchev–Trinajstić information content (AvgIpc) is 2.96. The van der Waals surface area contributed by atoms with Gasteiger partial charge in [-0.1, -0.05) is 29.3 Å². The molecule has 5 nitrogen and oxygen atoms in total. The van der Waals surface area contributed by atoms with Crippen molar-refractivity contribution in [3.8, 4) is 17.1 Å². The van der Waals surface area contributed by atoms with Crippen LogP contribution in [0.15, 0.2) is 42.5 Å². The first-order chi connectivity index (χ1) is 11.0. The van der Waals surface area contributed by atoms with E-state index in [1.165, 1.54) is 4.68 Å². The summed E-state index contributed by atoms with van der Waals surface area (Å²) >= 11 is 12.1. The maximum atomic E-state index is 11.4. The van der Waals surface area contributed by atoms with Crippen LogP contribution in [0.4, 0.5) is 0 Å². The molecule has 1 heterocycles. The van der Waals surface area contributed by atoms with E-state index in [0.717, 1.165) is 11.1 Å². The minimum atomic E-state index is -0.697. The Morgan fingerprint density at radius 2 is 1.83 bits per heavy atom. The average molecular weight is 347 g/mol. The zero-order valence-corrected chi connectivity index (χ0v) is 13.6. The molecule has 0 saturated heterocycles. The van der Waals surface area contributed by atoms with Crippen molar-refractivity contribution in [3.05, 3.63) is 63.9 Å². The molecule has 0 radical (unpaired) electrons. The van der Waals surface area contributed by atoms with Crippen molar-refractivity contribution >= 4 is 29.1 Å². The summed E-state index contributed by atoms with van der Waals surface area (Å²) in [5, 5.41) is 5.39. The monoisotopic (exact) mass is 346 g/mol. The Kier molecular flexibility index (Phi) is 4.07. The summed E-state index contributed by atoms with van der Waals surface area (Å²) in [6.45, 7) is 1.91. The number of benzene rings is 2. The van der Waals surface area contributed by atoms with Crippen LogP contribution < -0.4 is 5.73 Å². The van der Waals surface area contributed by atoms with E-state index in [2.05, 4.69) is 10.1 Å². The lowest BCUT2D eigenvalue weighted by Gasteiger charge is -2.07. The molecule has 1 amide bonds. The molecule has 0 unspecified atom stereocenters. The largest absolute Gasteiger partial charge is 0.363 e. The SMILES string of the molecule is Cc1ccc(-n2nc(C(N)=O)nc2-c2ccc(Cl)cc2)cc1Cl. The van der Waals surface area contributed by atoms with Crippen molar-refractivity contribution in [1.29, 1.82) is 0 Å². The Morgan fingerprint density at radius 3 is 2.43 bits per heavy atom. The van der Waals surface area contributed by atoms with Gasteiger partial charge >= 0.3 is 0 Å². The Hall–Kier alpha value is -2.37. The highest BCUT2D eigenvalue weighted by molar-refractivity contribution is 6.31. The van der Waals surface area contributed by atoms with Crippen LogP contribution in [0.25, 0.3) is 17.1 Å². The fourth-order valence-electron chi connectivity index (χ4n) is 2.10. The van der Waals surface area contributed by atoms with E-state index in [9.17, 15) is 4.79 Å². The van der Waals surface area contributed by atoms with Gasteiger partial charge in [-0.25, -0.2) is 9.67 Å². The molecule has 0 bridgehead atoms. The maximum absolute atomic E-state index is 11.4. The van der Waals surface area contributed by atoms with Gasteiger partial charge in [0.15, 0.2) is 5.82 Å². The van der Waals surface area contributed by atoms with E-state index in [4.69, 9.17) is 28.9 Å². The number of primary amides is 1. The normalized spacial score (nSPS) is 10.7. The zero-order valence-electron chi connectivity index (χ0n) is 12.1. The highest BCUT2D eigenvalue weighted by Gasteiger charge is 2.17. The molecular weight excluding hydrogens is 335 g/mol. The number of halogens is 2. The summed E-state index contributed by atoms with van der Waals surface area (Å²) in [4.78, 5) is 15.7. The minimum absolute atomic E-state index is 0.0633. The van der Waals surface area contributed by atoms with Gasteiger partial charge in [-0.2, -0.15) is 0 Å². The van der Waals surface area contributed by atoms with Crippen molar-refractivity contribution in [3.63, 3.8) is 0 Å². The topological polar surface area (TPSA) is 73.8 Å². The fraction of sp³-hybridized carbons (Fsp3) is 0.0625. The third kappa shape index (κ3) is 3.06. The molecule has 3 rings (SSSR count). The van der Waals surface area contributed by atoms with Gasteiger partial charge in [0.2, 0.25) is 5.82 Å². The standard InChI is InChI=1S/C16H12Cl2N4O/c1-9-2-7-12(8-13(9)18)22-16(20-15(21-22)14(19)23)10-3-5-11(17)6-4-10/h2-8H,1H3,(H2,19,23). The van der Waals surface area contributed by atoms with E-state index < -0.39 is 5.91 Å². The molecule has 23 heavy (non-hydrogen) atoms. The summed E-state index contributed by atoms with van der Waals surface area (Å²) in [6, 6.07) is 12.5.